The third-order valence-electron chi connectivity index (χ3n) is 7.11. The molecular formula is C27H28ClN3O3S. The first-order valence-corrected chi connectivity index (χ1v) is 13.2. The highest BCUT2D eigenvalue weighted by atomic mass is 35.5. The molecule has 0 bridgehead atoms. The first-order valence-electron chi connectivity index (χ1n) is 11.9. The van der Waals surface area contributed by atoms with Crippen LogP contribution in [0.5, 0.6) is 5.75 Å². The first-order chi connectivity index (χ1) is 17.0. The van der Waals surface area contributed by atoms with Crippen LogP contribution >= 0.6 is 22.9 Å². The number of halogens is 1. The normalized spacial score (nSPS) is 17.1. The molecule has 0 aliphatic carbocycles. The number of hydrogen-bond donors (Lipinski definition) is 0. The lowest BCUT2D eigenvalue weighted by Crippen LogP contribution is -2.48. The third kappa shape index (κ3) is 5.52. The lowest BCUT2D eigenvalue weighted by Gasteiger charge is -2.42. The van der Waals surface area contributed by atoms with Crippen LogP contribution in [0.2, 0.25) is 5.02 Å². The molecule has 2 aliphatic rings. The largest absolute Gasteiger partial charge is 0.493 e. The third-order valence-corrected chi connectivity index (χ3v) is 8.10. The Morgan fingerprint density at radius 1 is 1.03 bits per heavy atom. The van der Waals surface area contributed by atoms with Crippen molar-refractivity contribution in [2.75, 3.05) is 26.2 Å². The predicted octanol–water partition coefficient (Wildman–Crippen LogP) is 5.07. The maximum absolute atomic E-state index is 13.5. The number of piperidine rings is 1. The number of aromatic nitrogens is 1. The standard InChI is InChI=1S/C27H28ClN3O3S/c28-22-6-3-7-23(14-22)34-18-27(9-12-30(13-10-27)26(33)24-16-29-19-35-24)15-25(32)31-11-8-20-4-1-2-5-21(20)17-31/h1-7,14,16,19H,8-13,15,17-18H2. The summed E-state index contributed by atoms with van der Waals surface area (Å²) in [4.78, 5) is 34.9. The summed E-state index contributed by atoms with van der Waals surface area (Å²) >= 11 is 7.50. The molecule has 1 aromatic heterocycles. The number of thiazole rings is 1. The molecule has 6 nitrogen and oxygen atoms in total. The number of benzene rings is 2. The van der Waals surface area contributed by atoms with Gasteiger partial charge in [-0.15, -0.1) is 11.3 Å². The quantitative estimate of drug-likeness (QED) is 0.465. The van der Waals surface area contributed by atoms with Crippen molar-refractivity contribution >= 4 is 34.8 Å². The average molecular weight is 510 g/mol. The maximum atomic E-state index is 13.5. The Balaban J connectivity index is 1.29. The van der Waals surface area contributed by atoms with E-state index in [-0.39, 0.29) is 17.2 Å². The number of likely N-dealkylation sites (tertiary alicyclic amines) is 1. The number of hydrogen-bond acceptors (Lipinski definition) is 5. The van der Waals surface area contributed by atoms with E-state index in [0.717, 1.165) is 13.0 Å². The van der Waals surface area contributed by atoms with Gasteiger partial charge in [0.25, 0.3) is 5.91 Å². The molecule has 0 atom stereocenters. The van der Waals surface area contributed by atoms with Crippen molar-refractivity contribution in [3.8, 4) is 5.75 Å². The summed E-state index contributed by atoms with van der Waals surface area (Å²) < 4.78 is 6.18. The van der Waals surface area contributed by atoms with Gasteiger partial charge in [-0.25, -0.2) is 0 Å². The van der Waals surface area contributed by atoms with Gasteiger partial charge in [0.2, 0.25) is 5.91 Å². The number of ether oxygens (including phenoxy) is 1. The van der Waals surface area contributed by atoms with Gasteiger partial charge >= 0.3 is 0 Å². The summed E-state index contributed by atoms with van der Waals surface area (Å²) in [7, 11) is 0. The smallest absolute Gasteiger partial charge is 0.265 e. The lowest BCUT2D eigenvalue weighted by molar-refractivity contribution is -0.136. The Morgan fingerprint density at radius 3 is 2.57 bits per heavy atom. The van der Waals surface area contributed by atoms with E-state index in [1.807, 2.05) is 34.1 Å². The van der Waals surface area contributed by atoms with Crippen LogP contribution in [-0.2, 0) is 17.8 Å². The summed E-state index contributed by atoms with van der Waals surface area (Å²) in [6.45, 7) is 2.97. The molecule has 182 valence electrons. The summed E-state index contributed by atoms with van der Waals surface area (Å²) in [5, 5.41) is 0.615. The van der Waals surface area contributed by atoms with Crippen molar-refractivity contribution in [3.05, 3.63) is 81.3 Å². The Kier molecular flexibility index (Phi) is 7.07. The van der Waals surface area contributed by atoms with Crippen molar-refractivity contribution < 1.29 is 14.3 Å². The second-order valence-corrected chi connectivity index (χ2v) is 10.7. The van der Waals surface area contributed by atoms with E-state index in [0.29, 0.717) is 61.2 Å². The van der Waals surface area contributed by atoms with E-state index in [2.05, 4.69) is 23.2 Å². The zero-order valence-corrected chi connectivity index (χ0v) is 21.1. The molecule has 1 saturated heterocycles. The van der Waals surface area contributed by atoms with Gasteiger partial charge in [-0.2, -0.15) is 0 Å². The van der Waals surface area contributed by atoms with Crippen LogP contribution < -0.4 is 4.74 Å². The lowest BCUT2D eigenvalue weighted by atomic mass is 9.75. The molecule has 0 radical (unpaired) electrons. The van der Waals surface area contributed by atoms with E-state index < -0.39 is 0 Å². The minimum absolute atomic E-state index is 0.0100. The molecule has 35 heavy (non-hydrogen) atoms. The SMILES string of the molecule is O=C(CC1(COc2cccc(Cl)c2)CCN(C(=O)c2cncs2)CC1)N1CCc2ccccc2C1. The molecule has 0 unspecified atom stereocenters. The van der Waals surface area contributed by atoms with Crippen molar-refractivity contribution in [2.24, 2.45) is 5.41 Å². The Hall–Kier alpha value is -2.90. The van der Waals surface area contributed by atoms with Crippen LogP contribution in [0.15, 0.2) is 60.2 Å². The summed E-state index contributed by atoms with van der Waals surface area (Å²) in [5.74, 6) is 0.853. The first kappa shape index (κ1) is 23.8. The van der Waals surface area contributed by atoms with E-state index >= 15 is 0 Å². The Labute approximate surface area is 214 Å². The summed E-state index contributed by atoms with van der Waals surface area (Å²) in [6.07, 6.45) is 4.31. The molecule has 3 aromatic rings. The van der Waals surface area contributed by atoms with E-state index in [1.54, 1.807) is 17.8 Å². The molecule has 0 N–H and O–H groups in total. The Morgan fingerprint density at radius 2 is 1.83 bits per heavy atom. The minimum atomic E-state index is -0.346. The fourth-order valence-electron chi connectivity index (χ4n) is 4.97. The predicted molar refractivity (Wildman–Crippen MR) is 137 cm³/mol. The summed E-state index contributed by atoms with van der Waals surface area (Å²) in [5.41, 5.74) is 3.88. The topological polar surface area (TPSA) is 62.7 Å². The highest BCUT2D eigenvalue weighted by Crippen LogP contribution is 2.38. The van der Waals surface area contributed by atoms with E-state index in [9.17, 15) is 9.59 Å². The molecule has 1 fully saturated rings. The highest BCUT2D eigenvalue weighted by Gasteiger charge is 2.40. The molecule has 2 aromatic carbocycles. The van der Waals surface area contributed by atoms with Crippen molar-refractivity contribution in [2.45, 2.75) is 32.2 Å². The number of amides is 2. The highest BCUT2D eigenvalue weighted by molar-refractivity contribution is 7.11. The Bertz CT molecular complexity index is 1190. The molecule has 2 aliphatic heterocycles. The monoisotopic (exact) mass is 509 g/mol. The maximum Gasteiger partial charge on any atom is 0.265 e. The average Bonchev–Trinajstić information content (AvgIpc) is 3.43. The fraction of sp³-hybridized carbons (Fsp3) is 0.370. The van der Waals surface area contributed by atoms with Crippen LogP contribution in [0, 0.1) is 5.41 Å². The molecule has 0 saturated carbocycles. The van der Waals surface area contributed by atoms with Crippen LogP contribution in [0.3, 0.4) is 0 Å². The van der Waals surface area contributed by atoms with E-state index in [1.165, 1.54) is 22.5 Å². The van der Waals surface area contributed by atoms with Gasteiger partial charge in [0.15, 0.2) is 0 Å². The number of rotatable bonds is 6. The number of fused-ring (bicyclic) bond motifs is 1. The molecule has 8 heteroatoms. The molecule has 0 spiro atoms. The van der Waals surface area contributed by atoms with Crippen LogP contribution in [-0.4, -0.2) is 52.8 Å². The summed E-state index contributed by atoms with van der Waals surface area (Å²) in [6, 6.07) is 15.7. The number of carbonyl (C=O) groups excluding carboxylic acids is 2. The second-order valence-electron chi connectivity index (χ2n) is 9.41. The molecule has 2 amide bonds. The second kappa shape index (κ2) is 10.4. The van der Waals surface area contributed by atoms with Gasteiger partial charge in [0, 0.05) is 43.0 Å². The number of nitrogens with zero attached hydrogens (tertiary/aromatic N) is 3. The molecule has 5 rings (SSSR count). The van der Waals surface area contributed by atoms with Gasteiger partial charge in [0.05, 0.1) is 18.3 Å². The van der Waals surface area contributed by atoms with Gasteiger partial charge in [-0.05, 0) is 48.6 Å². The van der Waals surface area contributed by atoms with Crippen molar-refractivity contribution in [3.63, 3.8) is 0 Å². The minimum Gasteiger partial charge on any atom is -0.493 e. The van der Waals surface area contributed by atoms with Crippen molar-refractivity contribution in [1.82, 2.24) is 14.8 Å². The van der Waals surface area contributed by atoms with Crippen LogP contribution in [0.1, 0.15) is 40.1 Å². The molecular weight excluding hydrogens is 482 g/mol. The zero-order chi connectivity index (χ0) is 24.3. The van der Waals surface area contributed by atoms with Gasteiger partial charge in [-0.3, -0.25) is 14.6 Å². The molecule has 3 heterocycles. The van der Waals surface area contributed by atoms with Gasteiger partial charge in [-0.1, -0.05) is 41.9 Å². The van der Waals surface area contributed by atoms with Gasteiger partial charge < -0.3 is 14.5 Å². The van der Waals surface area contributed by atoms with Crippen LogP contribution in [0.25, 0.3) is 0 Å². The van der Waals surface area contributed by atoms with Crippen LogP contribution in [0.4, 0.5) is 0 Å². The zero-order valence-electron chi connectivity index (χ0n) is 19.5. The number of carbonyl (C=O) groups is 2. The van der Waals surface area contributed by atoms with Gasteiger partial charge in [0.1, 0.15) is 10.6 Å². The fourth-order valence-corrected chi connectivity index (χ4v) is 5.74. The van der Waals surface area contributed by atoms with E-state index in [4.69, 9.17) is 16.3 Å². The van der Waals surface area contributed by atoms with Crippen molar-refractivity contribution in [1.29, 1.82) is 0 Å².